The van der Waals surface area contributed by atoms with E-state index in [4.69, 9.17) is 32.7 Å². The third kappa shape index (κ3) is 3.38. The second kappa shape index (κ2) is 6.86. The van der Waals surface area contributed by atoms with Crippen LogP contribution in [-0.4, -0.2) is 23.5 Å². The first-order valence-electron chi connectivity index (χ1n) is 6.17. The summed E-state index contributed by atoms with van der Waals surface area (Å²) in [7, 11) is 3.48. The Bertz CT molecular complexity index is 585. The Morgan fingerprint density at radius 2 is 2.15 bits per heavy atom. The van der Waals surface area contributed by atoms with E-state index in [0.29, 0.717) is 29.0 Å². The molecule has 0 radical (unpaired) electrons. The van der Waals surface area contributed by atoms with Gasteiger partial charge in [-0.25, -0.2) is 0 Å². The van der Waals surface area contributed by atoms with Crippen LogP contribution in [0, 0.1) is 0 Å². The van der Waals surface area contributed by atoms with Gasteiger partial charge in [-0.05, 0) is 23.8 Å². The van der Waals surface area contributed by atoms with Crippen LogP contribution in [0.2, 0.25) is 5.02 Å². The van der Waals surface area contributed by atoms with E-state index < -0.39 is 0 Å². The molecule has 2 rings (SSSR count). The van der Waals surface area contributed by atoms with Gasteiger partial charge in [0, 0.05) is 31.2 Å². The Hall–Kier alpha value is -1.39. The van der Waals surface area contributed by atoms with Crippen molar-refractivity contribution in [2.75, 3.05) is 13.7 Å². The number of benzene rings is 1. The SMILES string of the molecule is COc1cc(CCl)cc(Cl)c1OCCc1ccnn1C. The minimum Gasteiger partial charge on any atom is -0.493 e. The Balaban J connectivity index is 2.07. The lowest BCUT2D eigenvalue weighted by molar-refractivity contribution is 0.295. The molecule has 1 aromatic carbocycles. The van der Waals surface area contributed by atoms with Crippen LogP contribution in [0.25, 0.3) is 0 Å². The zero-order valence-electron chi connectivity index (χ0n) is 11.4. The van der Waals surface area contributed by atoms with Gasteiger partial charge in [-0.15, -0.1) is 11.6 Å². The standard InChI is InChI=1S/C14H16Cl2N2O2/c1-18-11(3-5-17-18)4-6-20-14-12(16)7-10(9-15)8-13(14)19-2/h3,5,7-8H,4,6,9H2,1-2H3. The molecule has 6 heteroatoms. The normalized spacial score (nSPS) is 10.6. The molecule has 108 valence electrons. The number of nitrogens with zero attached hydrogens (tertiary/aromatic N) is 2. The number of alkyl halides is 1. The van der Waals surface area contributed by atoms with Crippen LogP contribution in [0.15, 0.2) is 24.4 Å². The fourth-order valence-corrected chi connectivity index (χ4v) is 2.34. The summed E-state index contributed by atoms with van der Waals surface area (Å²) in [5, 5.41) is 4.62. The average Bonchev–Trinajstić information content (AvgIpc) is 2.85. The molecule has 0 saturated heterocycles. The van der Waals surface area contributed by atoms with Crippen molar-refractivity contribution in [3.63, 3.8) is 0 Å². The molecule has 0 atom stereocenters. The highest BCUT2D eigenvalue weighted by atomic mass is 35.5. The molecule has 0 N–H and O–H groups in total. The summed E-state index contributed by atoms with van der Waals surface area (Å²) in [4.78, 5) is 0. The monoisotopic (exact) mass is 314 g/mol. The first-order chi connectivity index (χ1) is 9.65. The predicted molar refractivity (Wildman–Crippen MR) is 80.0 cm³/mol. The van der Waals surface area contributed by atoms with Gasteiger partial charge in [0.1, 0.15) is 0 Å². The minimum absolute atomic E-state index is 0.380. The first-order valence-corrected chi connectivity index (χ1v) is 7.09. The van der Waals surface area contributed by atoms with E-state index >= 15 is 0 Å². The van der Waals surface area contributed by atoms with E-state index in [2.05, 4.69) is 5.10 Å². The molecule has 0 saturated carbocycles. The lowest BCUT2D eigenvalue weighted by Crippen LogP contribution is -2.07. The van der Waals surface area contributed by atoms with Crippen LogP contribution < -0.4 is 9.47 Å². The van der Waals surface area contributed by atoms with Crippen molar-refractivity contribution in [3.8, 4) is 11.5 Å². The largest absolute Gasteiger partial charge is 0.493 e. The van der Waals surface area contributed by atoms with Gasteiger partial charge in [-0.3, -0.25) is 4.68 Å². The van der Waals surface area contributed by atoms with E-state index in [1.807, 2.05) is 23.9 Å². The van der Waals surface area contributed by atoms with E-state index in [1.54, 1.807) is 19.4 Å². The number of rotatable bonds is 6. The van der Waals surface area contributed by atoms with Crippen molar-refractivity contribution in [1.82, 2.24) is 9.78 Å². The van der Waals surface area contributed by atoms with Crippen LogP contribution in [0.4, 0.5) is 0 Å². The summed E-state index contributed by atoms with van der Waals surface area (Å²) in [5.74, 6) is 1.52. The zero-order valence-corrected chi connectivity index (χ0v) is 12.9. The van der Waals surface area contributed by atoms with E-state index in [-0.39, 0.29) is 0 Å². The van der Waals surface area contributed by atoms with Crippen LogP contribution in [-0.2, 0) is 19.3 Å². The molecule has 0 unspecified atom stereocenters. The Morgan fingerprint density at radius 1 is 1.35 bits per heavy atom. The first kappa shape index (κ1) is 15.0. The highest BCUT2D eigenvalue weighted by Gasteiger charge is 2.12. The summed E-state index contributed by atoms with van der Waals surface area (Å²) in [6.07, 6.45) is 2.51. The smallest absolute Gasteiger partial charge is 0.179 e. The van der Waals surface area contributed by atoms with Crippen LogP contribution in [0.5, 0.6) is 11.5 Å². The van der Waals surface area contributed by atoms with Crippen LogP contribution in [0.1, 0.15) is 11.3 Å². The van der Waals surface area contributed by atoms with Gasteiger partial charge < -0.3 is 9.47 Å². The molecule has 0 aliphatic heterocycles. The number of hydrogen-bond donors (Lipinski definition) is 0. The van der Waals surface area contributed by atoms with Gasteiger partial charge in [0.2, 0.25) is 0 Å². The molecule has 0 aliphatic rings. The topological polar surface area (TPSA) is 36.3 Å². The molecule has 0 spiro atoms. The van der Waals surface area contributed by atoms with Gasteiger partial charge in [-0.1, -0.05) is 11.6 Å². The molecule has 0 fully saturated rings. The number of ether oxygens (including phenoxy) is 2. The van der Waals surface area contributed by atoms with E-state index in [1.165, 1.54) is 0 Å². The molecular weight excluding hydrogens is 299 g/mol. The number of methoxy groups -OCH3 is 1. The molecule has 1 aromatic heterocycles. The maximum atomic E-state index is 6.20. The summed E-state index contributed by atoms with van der Waals surface area (Å²) in [6.45, 7) is 0.496. The highest BCUT2D eigenvalue weighted by Crippen LogP contribution is 2.36. The third-order valence-corrected chi connectivity index (χ3v) is 3.56. The summed E-state index contributed by atoms with van der Waals surface area (Å²) in [6, 6.07) is 5.58. The third-order valence-electron chi connectivity index (χ3n) is 2.97. The Morgan fingerprint density at radius 3 is 2.75 bits per heavy atom. The molecule has 4 nitrogen and oxygen atoms in total. The minimum atomic E-state index is 0.380. The predicted octanol–water partition coefficient (Wildman–Crippen LogP) is 3.44. The van der Waals surface area contributed by atoms with E-state index in [9.17, 15) is 0 Å². The van der Waals surface area contributed by atoms with Gasteiger partial charge in [0.15, 0.2) is 11.5 Å². The van der Waals surface area contributed by atoms with E-state index in [0.717, 1.165) is 17.7 Å². The van der Waals surface area contributed by atoms with Crippen molar-refractivity contribution < 1.29 is 9.47 Å². The maximum absolute atomic E-state index is 6.20. The quantitative estimate of drug-likeness (QED) is 0.766. The molecule has 0 aliphatic carbocycles. The van der Waals surface area contributed by atoms with Gasteiger partial charge in [0.05, 0.1) is 18.7 Å². The summed E-state index contributed by atoms with van der Waals surface area (Å²) >= 11 is 12.0. The summed E-state index contributed by atoms with van der Waals surface area (Å²) < 4.78 is 12.9. The second-order valence-corrected chi connectivity index (χ2v) is 4.96. The van der Waals surface area contributed by atoms with Crippen molar-refractivity contribution in [2.45, 2.75) is 12.3 Å². The van der Waals surface area contributed by atoms with Crippen LogP contribution in [0.3, 0.4) is 0 Å². The fourth-order valence-electron chi connectivity index (χ4n) is 1.89. The summed E-state index contributed by atoms with van der Waals surface area (Å²) in [5.41, 5.74) is 1.99. The highest BCUT2D eigenvalue weighted by molar-refractivity contribution is 6.32. The second-order valence-electron chi connectivity index (χ2n) is 4.29. The Kier molecular flexibility index (Phi) is 5.15. The molecule has 1 heterocycles. The lowest BCUT2D eigenvalue weighted by Gasteiger charge is -2.13. The maximum Gasteiger partial charge on any atom is 0.179 e. The van der Waals surface area contributed by atoms with Gasteiger partial charge in [-0.2, -0.15) is 5.10 Å². The zero-order chi connectivity index (χ0) is 14.5. The van der Waals surface area contributed by atoms with Crippen LogP contribution >= 0.6 is 23.2 Å². The molecular formula is C14H16Cl2N2O2. The van der Waals surface area contributed by atoms with Crippen molar-refractivity contribution in [2.24, 2.45) is 7.05 Å². The van der Waals surface area contributed by atoms with Crippen molar-refractivity contribution >= 4 is 23.2 Å². The number of halogens is 2. The molecule has 2 aromatic rings. The lowest BCUT2D eigenvalue weighted by atomic mass is 10.2. The average molecular weight is 315 g/mol. The number of aromatic nitrogens is 2. The number of aryl methyl sites for hydroxylation is 1. The molecule has 0 bridgehead atoms. The van der Waals surface area contributed by atoms with Crippen molar-refractivity contribution in [1.29, 1.82) is 0 Å². The Labute approximate surface area is 128 Å². The molecule has 20 heavy (non-hydrogen) atoms. The van der Waals surface area contributed by atoms with Crippen molar-refractivity contribution in [3.05, 3.63) is 40.7 Å². The van der Waals surface area contributed by atoms with Gasteiger partial charge in [0.25, 0.3) is 0 Å². The fraction of sp³-hybridized carbons (Fsp3) is 0.357. The van der Waals surface area contributed by atoms with Gasteiger partial charge >= 0.3 is 0 Å². The molecule has 0 amide bonds. The number of hydrogen-bond acceptors (Lipinski definition) is 3.